The zero-order valence-electron chi connectivity index (χ0n) is 26.4. The molecule has 8 heteroatoms. The molecule has 4 heterocycles. The van der Waals surface area contributed by atoms with E-state index in [2.05, 4.69) is 82.3 Å². The predicted molar refractivity (Wildman–Crippen MR) is 175 cm³/mol. The molecule has 0 radical (unpaired) electrons. The number of carbonyl (C=O) groups excluding carboxylic acids is 1. The number of nitrogens with zero attached hydrogens (tertiary/aromatic N) is 4. The van der Waals surface area contributed by atoms with Gasteiger partial charge in [0.2, 0.25) is 0 Å². The lowest BCUT2D eigenvalue weighted by atomic mass is 10.0. The van der Waals surface area contributed by atoms with Crippen molar-refractivity contribution in [2.75, 3.05) is 6.54 Å². The summed E-state index contributed by atoms with van der Waals surface area (Å²) in [5.74, 6) is 2.28. The van der Waals surface area contributed by atoms with Gasteiger partial charge in [0.25, 0.3) is 0 Å². The van der Waals surface area contributed by atoms with Crippen molar-refractivity contribution in [1.29, 1.82) is 0 Å². The number of nitrogens with one attached hydrogen (secondary N) is 2. The van der Waals surface area contributed by atoms with Crippen molar-refractivity contribution in [2.45, 2.75) is 84.3 Å². The standard InChI is InChI=1S/C36H42N6O2/c1-6-7-9-23(2)33-38-21-30(40-33)25-13-11-24(12-14-25)29-19-26-15-16-27(18-28(26)20-37-29)31-22-39-34(41-31)32-10-8-17-42(32)35(43)44-36(3,4)5/h11-16,18-23,32H,6-10,17H2,1-5H3,(H,38,40)(H,39,41)/t23-,32-/m0/s1. The first-order valence-electron chi connectivity index (χ1n) is 15.8. The van der Waals surface area contributed by atoms with Gasteiger partial charge in [-0.25, -0.2) is 14.8 Å². The minimum absolute atomic E-state index is 0.112. The molecule has 3 aromatic heterocycles. The normalized spacial score (nSPS) is 16.0. The number of fused-ring (bicyclic) bond motifs is 1. The van der Waals surface area contributed by atoms with Crippen LogP contribution in [0.3, 0.4) is 0 Å². The number of rotatable bonds is 8. The molecule has 6 rings (SSSR count). The highest BCUT2D eigenvalue weighted by atomic mass is 16.6. The number of carbonyl (C=O) groups is 1. The van der Waals surface area contributed by atoms with Crippen LogP contribution in [0.1, 0.15) is 90.3 Å². The second-order valence-electron chi connectivity index (χ2n) is 12.9. The summed E-state index contributed by atoms with van der Waals surface area (Å²) in [5.41, 5.74) is 5.58. The van der Waals surface area contributed by atoms with Crippen molar-refractivity contribution in [3.63, 3.8) is 0 Å². The molecule has 1 aliphatic heterocycles. The lowest BCUT2D eigenvalue weighted by molar-refractivity contribution is 0.0218. The highest BCUT2D eigenvalue weighted by Crippen LogP contribution is 2.34. The summed E-state index contributed by atoms with van der Waals surface area (Å²) in [4.78, 5) is 35.6. The fourth-order valence-electron chi connectivity index (χ4n) is 5.91. The summed E-state index contributed by atoms with van der Waals surface area (Å²) >= 11 is 0. The minimum Gasteiger partial charge on any atom is -0.444 e. The molecule has 5 aromatic rings. The topological polar surface area (TPSA) is 99.8 Å². The Kier molecular flexibility index (Phi) is 8.25. The largest absolute Gasteiger partial charge is 0.444 e. The molecule has 0 spiro atoms. The second-order valence-corrected chi connectivity index (χ2v) is 12.9. The number of H-pyrrole nitrogens is 2. The van der Waals surface area contributed by atoms with E-state index in [0.29, 0.717) is 12.5 Å². The average Bonchev–Trinajstić information content (AvgIpc) is 3.80. The van der Waals surface area contributed by atoms with E-state index in [9.17, 15) is 4.79 Å². The fraction of sp³-hybridized carbons (Fsp3) is 0.389. The zero-order chi connectivity index (χ0) is 30.8. The minimum atomic E-state index is -0.530. The van der Waals surface area contributed by atoms with Crippen LogP contribution in [0.5, 0.6) is 0 Å². The summed E-state index contributed by atoms with van der Waals surface area (Å²) in [6.45, 7) is 10.8. The number of hydrogen-bond donors (Lipinski definition) is 2. The van der Waals surface area contributed by atoms with E-state index in [4.69, 9.17) is 9.72 Å². The van der Waals surface area contributed by atoms with Gasteiger partial charge in [-0.2, -0.15) is 0 Å². The Morgan fingerprint density at radius 1 is 0.932 bits per heavy atom. The van der Waals surface area contributed by atoms with Crippen molar-refractivity contribution in [3.05, 3.63) is 78.8 Å². The van der Waals surface area contributed by atoms with Crippen molar-refractivity contribution >= 4 is 16.9 Å². The highest BCUT2D eigenvalue weighted by Gasteiger charge is 2.34. The number of amides is 1. The number of ether oxygens (including phenoxy) is 1. The van der Waals surface area contributed by atoms with Gasteiger partial charge in [0, 0.05) is 35.2 Å². The number of hydrogen-bond acceptors (Lipinski definition) is 5. The van der Waals surface area contributed by atoms with Crippen molar-refractivity contribution in [3.8, 4) is 33.8 Å². The van der Waals surface area contributed by atoms with Gasteiger partial charge in [0.1, 0.15) is 17.2 Å². The van der Waals surface area contributed by atoms with Gasteiger partial charge in [-0.05, 0) is 63.1 Å². The van der Waals surface area contributed by atoms with E-state index in [0.717, 1.165) is 75.5 Å². The summed E-state index contributed by atoms with van der Waals surface area (Å²) in [6, 6.07) is 16.9. The lowest BCUT2D eigenvalue weighted by Crippen LogP contribution is -2.36. The monoisotopic (exact) mass is 590 g/mol. The molecule has 1 fully saturated rings. The van der Waals surface area contributed by atoms with E-state index in [-0.39, 0.29) is 12.1 Å². The molecule has 0 saturated carbocycles. The van der Waals surface area contributed by atoms with Gasteiger partial charge in [-0.3, -0.25) is 9.88 Å². The average molecular weight is 591 g/mol. The molecule has 1 amide bonds. The van der Waals surface area contributed by atoms with Crippen molar-refractivity contribution in [1.82, 2.24) is 29.8 Å². The van der Waals surface area contributed by atoms with Crippen LogP contribution in [0.15, 0.2) is 67.1 Å². The Hall–Kier alpha value is -4.46. The van der Waals surface area contributed by atoms with Crippen LogP contribution in [0, 0.1) is 0 Å². The predicted octanol–water partition coefficient (Wildman–Crippen LogP) is 9.05. The molecule has 2 N–H and O–H groups in total. The Morgan fingerprint density at radius 2 is 1.66 bits per heavy atom. The summed E-state index contributed by atoms with van der Waals surface area (Å²) in [6.07, 6.45) is 10.8. The maximum Gasteiger partial charge on any atom is 0.410 e. The number of pyridine rings is 1. The molecule has 8 nitrogen and oxygen atoms in total. The van der Waals surface area contributed by atoms with Crippen LogP contribution < -0.4 is 0 Å². The quantitative estimate of drug-likeness (QED) is 0.188. The molecule has 0 bridgehead atoms. The van der Waals surface area contributed by atoms with E-state index in [1.807, 2.05) is 39.4 Å². The smallest absolute Gasteiger partial charge is 0.410 e. The number of imidazole rings is 2. The number of likely N-dealkylation sites (tertiary alicyclic amines) is 1. The van der Waals surface area contributed by atoms with Crippen LogP contribution in [0.4, 0.5) is 4.79 Å². The summed E-state index contributed by atoms with van der Waals surface area (Å²) in [7, 11) is 0. The molecule has 2 aromatic carbocycles. The van der Waals surface area contributed by atoms with Crippen molar-refractivity contribution < 1.29 is 9.53 Å². The van der Waals surface area contributed by atoms with Gasteiger partial charge in [-0.15, -0.1) is 0 Å². The van der Waals surface area contributed by atoms with Gasteiger partial charge in [0.05, 0.1) is 35.5 Å². The number of aromatic amines is 2. The Labute approximate surface area is 259 Å². The fourth-order valence-corrected chi connectivity index (χ4v) is 5.91. The van der Waals surface area contributed by atoms with Crippen LogP contribution >= 0.6 is 0 Å². The molecule has 228 valence electrons. The van der Waals surface area contributed by atoms with Gasteiger partial charge in [0.15, 0.2) is 0 Å². The molecule has 1 saturated heterocycles. The first-order valence-corrected chi connectivity index (χ1v) is 15.8. The number of aromatic nitrogens is 5. The lowest BCUT2D eigenvalue weighted by Gasteiger charge is -2.27. The molecule has 1 aliphatic rings. The van der Waals surface area contributed by atoms with E-state index in [1.54, 1.807) is 4.90 Å². The summed E-state index contributed by atoms with van der Waals surface area (Å²) in [5, 5.41) is 2.17. The van der Waals surface area contributed by atoms with Crippen LogP contribution in [-0.2, 0) is 4.74 Å². The van der Waals surface area contributed by atoms with Crippen LogP contribution in [-0.4, -0.2) is 48.1 Å². The third kappa shape index (κ3) is 6.39. The van der Waals surface area contributed by atoms with Crippen LogP contribution in [0.2, 0.25) is 0 Å². The molecule has 0 aliphatic carbocycles. The molecule has 0 unspecified atom stereocenters. The first kappa shape index (κ1) is 29.6. The highest BCUT2D eigenvalue weighted by molar-refractivity contribution is 5.89. The SMILES string of the molecule is CCCC[C@H](C)c1ncc(-c2ccc(-c3cc4ccc(-c5cnc([C@@H]6CCCN6C(=O)OC(C)(C)C)[nH]5)cc4cn3)cc2)[nH]1. The number of benzene rings is 2. The second kappa shape index (κ2) is 12.3. The van der Waals surface area contributed by atoms with Gasteiger partial charge >= 0.3 is 6.09 Å². The Morgan fingerprint density at radius 3 is 2.43 bits per heavy atom. The van der Waals surface area contributed by atoms with Gasteiger partial charge < -0.3 is 14.7 Å². The van der Waals surface area contributed by atoms with Crippen molar-refractivity contribution in [2.24, 2.45) is 0 Å². The van der Waals surface area contributed by atoms with E-state index >= 15 is 0 Å². The Bertz CT molecular complexity index is 1750. The zero-order valence-corrected chi connectivity index (χ0v) is 26.4. The first-order chi connectivity index (χ1) is 21.2. The molecule has 44 heavy (non-hydrogen) atoms. The third-order valence-electron chi connectivity index (χ3n) is 8.37. The number of unbranched alkanes of at least 4 members (excludes halogenated alkanes) is 1. The third-order valence-corrected chi connectivity index (χ3v) is 8.37. The van der Waals surface area contributed by atoms with E-state index < -0.39 is 5.60 Å². The molecule has 2 atom stereocenters. The maximum absolute atomic E-state index is 12.8. The van der Waals surface area contributed by atoms with Crippen LogP contribution in [0.25, 0.3) is 44.5 Å². The summed E-state index contributed by atoms with van der Waals surface area (Å²) < 4.78 is 5.63. The molecular weight excluding hydrogens is 548 g/mol. The maximum atomic E-state index is 12.8. The van der Waals surface area contributed by atoms with E-state index in [1.165, 1.54) is 12.8 Å². The Balaban J connectivity index is 1.16. The van der Waals surface area contributed by atoms with Gasteiger partial charge in [-0.1, -0.05) is 63.1 Å². The molecular formula is C36H42N6O2.